The largest absolute Gasteiger partial charge is 0.343 e. The van der Waals surface area contributed by atoms with E-state index in [-0.39, 0.29) is 0 Å². The predicted molar refractivity (Wildman–Crippen MR) is 30.5 cm³/mol. The Morgan fingerprint density at radius 3 is 2.50 bits per heavy atom. The minimum absolute atomic E-state index is 0.451. The van der Waals surface area contributed by atoms with E-state index in [4.69, 9.17) is 0 Å². The van der Waals surface area contributed by atoms with Crippen molar-refractivity contribution in [3.63, 3.8) is 0 Å². The molecule has 46 valence electrons. The van der Waals surface area contributed by atoms with Crippen LogP contribution in [-0.4, -0.2) is 37.5 Å². The number of likely N-dealkylation sites (N-methyl/N-ethyl adjacent to an activating group) is 1. The average Bonchev–Trinajstić information content (AvgIpc) is 1.62. The molecule has 1 N–H and O–H groups in total. The van der Waals surface area contributed by atoms with Crippen LogP contribution in [0.15, 0.2) is 0 Å². The third kappa shape index (κ3) is 0.816. The van der Waals surface area contributed by atoms with Crippen molar-refractivity contribution in [3.05, 3.63) is 0 Å². The summed E-state index contributed by atoms with van der Waals surface area (Å²) < 4.78 is 0. The van der Waals surface area contributed by atoms with Gasteiger partial charge in [-0.3, -0.25) is 4.79 Å². The summed E-state index contributed by atoms with van der Waals surface area (Å²) in [5.41, 5.74) is 0. The summed E-state index contributed by atoms with van der Waals surface area (Å²) in [4.78, 5) is 11.7. The Morgan fingerprint density at radius 2 is 2.38 bits per heavy atom. The highest BCUT2D eigenvalue weighted by atomic mass is 16.1. The Morgan fingerprint density at radius 1 is 1.75 bits per heavy atom. The fourth-order valence-corrected chi connectivity index (χ4v) is 0.647. The highest BCUT2D eigenvalue weighted by molar-refractivity contribution is 5.47. The van der Waals surface area contributed by atoms with E-state index in [1.54, 1.807) is 11.9 Å². The van der Waals surface area contributed by atoms with Crippen LogP contribution in [0.3, 0.4) is 0 Å². The Kier molecular flexibility index (Phi) is 1.48. The van der Waals surface area contributed by atoms with Crippen molar-refractivity contribution < 1.29 is 4.79 Å². The van der Waals surface area contributed by atoms with Crippen LogP contribution in [0.25, 0.3) is 0 Å². The standard InChI is InChI=1S/C5H10N2O/c1-7(4-8)5-2-6-3-5/h4-6H,2-3H2,1H3. The van der Waals surface area contributed by atoms with Crippen LogP contribution in [0.1, 0.15) is 0 Å². The quantitative estimate of drug-likeness (QED) is 0.469. The number of hydrogen-bond donors (Lipinski definition) is 1. The molecule has 1 aliphatic rings. The lowest BCUT2D eigenvalue weighted by molar-refractivity contribution is -0.119. The van der Waals surface area contributed by atoms with Gasteiger partial charge in [-0.15, -0.1) is 0 Å². The van der Waals surface area contributed by atoms with E-state index in [9.17, 15) is 4.79 Å². The first-order chi connectivity index (χ1) is 3.84. The monoisotopic (exact) mass is 114 g/mol. The van der Waals surface area contributed by atoms with Gasteiger partial charge in [0.1, 0.15) is 0 Å². The predicted octanol–water partition coefficient (Wildman–Crippen LogP) is -0.954. The third-order valence-corrected chi connectivity index (χ3v) is 1.50. The molecule has 1 saturated heterocycles. The molecule has 1 amide bonds. The zero-order valence-corrected chi connectivity index (χ0v) is 4.92. The normalized spacial score (nSPS) is 19.6. The summed E-state index contributed by atoms with van der Waals surface area (Å²) in [6, 6.07) is 0.451. The second-order valence-corrected chi connectivity index (χ2v) is 2.08. The van der Waals surface area contributed by atoms with Gasteiger partial charge >= 0.3 is 0 Å². The first-order valence-corrected chi connectivity index (χ1v) is 2.72. The summed E-state index contributed by atoms with van der Waals surface area (Å²) in [7, 11) is 1.80. The lowest BCUT2D eigenvalue weighted by Gasteiger charge is -2.32. The van der Waals surface area contributed by atoms with E-state index >= 15 is 0 Å². The maximum Gasteiger partial charge on any atom is 0.209 e. The van der Waals surface area contributed by atoms with E-state index in [1.807, 2.05) is 0 Å². The molecule has 0 bridgehead atoms. The first kappa shape index (κ1) is 5.56. The zero-order valence-electron chi connectivity index (χ0n) is 4.92. The molecule has 0 aromatic rings. The maximum absolute atomic E-state index is 10.0. The summed E-state index contributed by atoms with van der Waals surface area (Å²) >= 11 is 0. The van der Waals surface area contributed by atoms with E-state index < -0.39 is 0 Å². The molecule has 0 aliphatic carbocycles. The van der Waals surface area contributed by atoms with Crippen LogP contribution >= 0.6 is 0 Å². The molecule has 0 saturated carbocycles. The van der Waals surface area contributed by atoms with Crippen LogP contribution in [0.4, 0.5) is 0 Å². The van der Waals surface area contributed by atoms with Gasteiger partial charge in [-0.25, -0.2) is 0 Å². The van der Waals surface area contributed by atoms with Gasteiger partial charge in [0.2, 0.25) is 6.41 Å². The highest BCUT2D eigenvalue weighted by Crippen LogP contribution is 1.97. The van der Waals surface area contributed by atoms with Crippen molar-refractivity contribution in [2.75, 3.05) is 20.1 Å². The minimum atomic E-state index is 0.451. The summed E-state index contributed by atoms with van der Waals surface area (Å²) in [6.07, 6.45) is 0.867. The molecule has 0 radical (unpaired) electrons. The lowest BCUT2D eigenvalue weighted by Crippen LogP contribution is -2.55. The number of amides is 1. The second kappa shape index (κ2) is 2.13. The van der Waals surface area contributed by atoms with Crippen molar-refractivity contribution in [2.45, 2.75) is 6.04 Å². The fourth-order valence-electron chi connectivity index (χ4n) is 0.647. The van der Waals surface area contributed by atoms with Gasteiger partial charge in [-0.1, -0.05) is 0 Å². The molecule has 0 atom stereocenters. The van der Waals surface area contributed by atoms with Crippen LogP contribution in [0.2, 0.25) is 0 Å². The fraction of sp³-hybridized carbons (Fsp3) is 0.800. The molecule has 3 heteroatoms. The summed E-state index contributed by atoms with van der Waals surface area (Å²) in [5.74, 6) is 0. The molecule has 1 aliphatic heterocycles. The van der Waals surface area contributed by atoms with Crippen LogP contribution < -0.4 is 5.32 Å². The van der Waals surface area contributed by atoms with Gasteiger partial charge in [0, 0.05) is 20.1 Å². The lowest BCUT2D eigenvalue weighted by atomic mass is 10.2. The average molecular weight is 114 g/mol. The number of carbonyl (C=O) groups is 1. The van der Waals surface area contributed by atoms with Crippen molar-refractivity contribution in [3.8, 4) is 0 Å². The molecule has 0 unspecified atom stereocenters. The topological polar surface area (TPSA) is 32.3 Å². The van der Waals surface area contributed by atoms with Gasteiger partial charge in [0.25, 0.3) is 0 Å². The molecule has 0 spiro atoms. The molecule has 1 fully saturated rings. The van der Waals surface area contributed by atoms with Crippen LogP contribution in [0.5, 0.6) is 0 Å². The van der Waals surface area contributed by atoms with E-state index in [2.05, 4.69) is 5.32 Å². The molecule has 1 rings (SSSR count). The smallest absolute Gasteiger partial charge is 0.209 e. The number of nitrogens with zero attached hydrogens (tertiary/aromatic N) is 1. The van der Waals surface area contributed by atoms with Crippen molar-refractivity contribution in [1.29, 1.82) is 0 Å². The maximum atomic E-state index is 10.0. The minimum Gasteiger partial charge on any atom is -0.343 e. The van der Waals surface area contributed by atoms with Crippen molar-refractivity contribution >= 4 is 6.41 Å². The van der Waals surface area contributed by atoms with E-state index in [0.29, 0.717) is 6.04 Å². The number of carbonyl (C=O) groups excluding carboxylic acids is 1. The van der Waals surface area contributed by atoms with Gasteiger partial charge in [0.15, 0.2) is 0 Å². The van der Waals surface area contributed by atoms with Gasteiger partial charge in [-0.05, 0) is 0 Å². The Labute approximate surface area is 48.7 Å². The molecule has 1 heterocycles. The van der Waals surface area contributed by atoms with E-state index in [0.717, 1.165) is 19.5 Å². The molecule has 0 aromatic heterocycles. The number of rotatable bonds is 2. The highest BCUT2D eigenvalue weighted by Gasteiger charge is 2.19. The molecule has 0 aromatic carbocycles. The number of hydrogen-bond acceptors (Lipinski definition) is 2. The van der Waals surface area contributed by atoms with Crippen molar-refractivity contribution in [1.82, 2.24) is 10.2 Å². The summed E-state index contributed by atoms with van der Waals surface area (Å²) in [6.45, 7) is 1.91. The van der Waals surface area contributed by atoms with Gasteiger partial charge in [-0.2, -0.15) is 0 Å². The molecule has 3 nitrogen and oxygen atoms in total. The zero-order chi connectivity index (χ0) is 5.98. The molecule has 8 heavy (non-hydrogen) atoms. The van der Waals surface area contributed by atoms with Crippen molar-refractivity contribution in [2.24, 2.45) is 0 Å². The van der Waals surface area contributed by atoms with Gasteiger partial charge in [0.05, 0.1) is 6.04 Å². The third-order valence-electron chi connectivity index (χ3n) is 1.50. The Hall–Kier alpha value is -0.570. The Bertz CT molecular complexity index is 90.4. The summed E-state index contributed by atoms with van der Waals surface area (Å²) in [5, 5.41) is 3.08. The SMILES string of the molecule is CN(C=O)C1CNC1. The molecular weight excluding hydrogens is 104 g/mol. The second-order valence-electron chi connectivity index (χ2n) is 2.08. The molecular formula is C5H10N2O. The van der Waals surface area contributed by atoms with Gasteiger partial charge < -0.3 is 10.2 Å². The first-order valence-electron chi connectivity index (χ1n) is 2.72. The van der Waals surface area contributed by atoms with E-state index in [1.165, 1.54) is 0 Å². The Balaban J connectivity index is 2.22. The van der Waals surface area contributed by atoms with Crippen LogP contribution in [0, 0.1) is 0 Å². The number of nitrogens with one attached hydrogen (secondary N) is 1. The van der Waals surface area contributed by atoms with Crippen LogP contribution in [-0.2, 0) is 4.79 Å².